The number of hydrogen-bond acceptors (Lipinski definition) is 2. The minimum Gasteiger partial charge on any atom is -0.355 e. The van der Waals surface area contributed by atoms with E-state index >= 15 is 0 Å². The molecule has 4 heteroatoms. The van der Waals surface area contributed by atoms with Gasteiger partial charge < -0.3 is 10.6 Å². The Morgan fingerprint density at radius 1 is 1.33 bits per heavy atom. The molecule has 4 nitrogen and oxygen atoms in total. The molecule has 0 aromatic heterocycles. The van der Waals surface area contributed by atoms with Gasteiger partial charge in [0.2, 0.25) is 11.8 Å². The van der Waals surface area contributed by atoms with Crippen LogP contribution in [0.25, 0.3) is 0 Å². The fourth-order valence-corrected chi connectivity index (χ4v) is 3.66. The summed E-state index contributed by atoms with van der Waals surface area (Å²) in [5.41, 5.74) is 1.26. The molecule has 1 fully saturated rings. The minimum absolute atomic E-state index is 0.0219. The maximum absolute atomic E-state index is 12.0. The standard InChI is InChI=1S/C20H30N2O2/c1-5-8-21-19(23)11-16-10-18(13(2)3)17(9-14(16)4)12-22-20(24)15-6-7-15/h1,9,13,15-18H,6-8,10-12H2,2-4H3,(H,21,23)(H,22,24)/t16-,17-,18-/m0/s1. The van der Waals surface area contributed by atoms with Crippen LogP contribution in [0.5, 0.6) is 0 Å². The molecular weight excluding hydrogens is 300 g/mol. The van der Waals surface area contributed by atoms with Crippen LogP contribution in [0.2, 0.25) is 0 Å². The number of carbonyl (C=O) groups excluding carboxylic acids is 2. The SMILES string of the molecule is C#CCNC(=O)C[C@@H]1C[C@@H](C(C)C)[C@H](CNC(=O)C2CC2)C=C1C. The highest BCUT2D eigenvalue weighted by atomic mass is 16.2. The number of amides is 2. The van der Waals surface area contributed by atoms with Crippen LogP contribution in [-0.2, 0) is 9.59 Å². The van der Waals surface area contributed by atoms with Crippen molar-refractivity contribution < 1.29 is 9.59 Å². The number of rotatable bonds is 7. The molecule has 2 N–H and O–H groups in total. The van der Waals surface area contributed by atoms with Crippen LogP contribution >= 0.6 is 0 Å². The molecule has 2 aliphatic carbocycles. The Labute approximate surface area is 145 Å². The second-order valence-electron chi connectivity index (χ2n) is 7.62. The maximum Gasteiger partial charge on any atom is 0.223 e. The summed E-state index contributed by atoms with van der Waals surface area (Å²) in [5.74, 6) is 4.55. The largest absolute Gasteiger partial charge is 0.355 e. The van der Waals surface area contributed by atoms with Crippen LogP contribution < -0.4 is 10.6 Å². The molecule has 24 heavy (non-hydrogen) atoms. The molecule has 2 aliphatic rings. The van der Waals surface area contributed by atoms with E-state index in [0.717, 1.165) is 19.3 Å². The van der Waals surface area contributed by atoms with Crippen LogP contribution in [0.3, 0.4) is 0 Å². The molecule has 0 spiro atoms. The molecule has 3 atom stereocenters. The number of allylic oxidation sites excluding steroid dienone is 1. The van der Waals surface area contributed by atoms with Gasteiger partial charge in [0.05, 0.1) is 6.54 Å². The van der Waals surface area contributed by atoms with Crippen molar-refractivity contribution in [3.63, 3.8) is 0 Å². The summed E-state index contributed by atoms with van der Waals surface area (Å²) in [5, 5.41) is 5.87. The average molecular weight is 330 g/mol. The van der Waals surface area contributed by atoms with Crippen molar-refractivity contribution in [2.75, 3.05) is 13.1 Å². The van der Waals surface area contributed by atoms with Crippen molar-refractivity contribution in [3.05, 3.63) is 11.6 Å². The van der Waals surface area contributed by atoms with Gasteiger partial charge >= 0.3 is 0 Å². The zero-order valence-electron chi connectivity index (χ0n) is 15.1. The van der Waals surface area contributed by atoms with E-state index in [1.54, 1.807) is 0 Å². The Balaban J connectivity index is 1.96. The molecule has 0 aromatic rings. The Morgan fingerprint density at radius 3 is 2.62 bits per heavy atom. The predicted octanol–water partition coefficient (Wildman–Crippen LogP) is 2.51. The van der Waals surface area contributed by atoms with E-state index in [9.17, 15) is 9.59 Å². The number of terminal acetylenes is 1. The van der Waals surface area contributed by atoms with Crippen LogP contribution in [0.1, 0.15) is 46.5 Å². The van der Waals surface area contributed by atoms with Crippen LogP contribution in [0.15, 0.2) is 11.6 Å². The summed E-state index contributed by atoms with van der Waals surface area (Å²) in [6.45, 7) is 7.56. The Hall–Kier alpha value is -1.76. The van der Waals surface area contributed by atoms with Crippen LogP contribution in [-0.4, -0.2) is 24.9 Å². The van der Waals surface area contributed by atoms with E-state index in [0.29, 0.717) is 30.7 Å². The van der Waals surface area contributed by atoms with Crippen molar-refractivity contribution in [1.29, 1.82) is 0 Å². The molecule has 0 radical (unpaired) electrons. The van der Waals surface area contributed by atoms with Crippen LogP contribution in [0, 0.1) is 41.9 Å². The van der Waals surface area contributed by atoms with Crippen LogP contribution in [0.4, 0.5) is 0 Å². The van der Waals surface area contributed by atoms with E-state index in [4.69, 9.17) is 6.42 Å². The molecule has 0 bridgehead atoms. The molecule has 0 saturated heterocycles. The van der Waals surface area contributed by atoms with Crippen molar-refractivity contribution >= 4 is 11.8 Å². The molecule has 0 aromatic carbocycles. The van der Waals surface area contributed by atoms with Gasteiger partial charge in [-0.2, -0.15) is 0 Å². The van der Waals surface area contributed by atoms with Gasteiger partial charge in [0.15, 0.2) is 0 Å². The third kappa shape index (κ3) is 5.12. The Kier molecular flexibility index (Phi) is 6.48. The van der Waals surface area contributed by atoms with E-state index in [2.05, 4.69) is 43.4 Å². The van der Waals surface area contributed by atoms with Crippen molar-refractivity contribution in [2.45, 2.75) is 46.5 Å². The van der Waals surface area contributed by atoms with E-state index in [1.165, 1.54) is 5.57 Å². The maximum atomic E-state index is 12.0. The highest BCUT2D eigenvalue weighted by Gasteiger charge is 2.34. The highest BCUT2D eigenvalue weighted by molar-refractivity contribution is 5.80. The van der Waals surface area contributed by atoms with Gasteiger partial charge in [-0.05, 0) is 49.9 Å². The normalized spacial score (nSPS) is 26.5. The van der Waals surface area contributed by atoms with Crippen molar-refractivity contribution in [1.82, 2.24) is 10.6 Å². The monoisotopic (exact) mass is 330 g/mol. The molecule has 2 rings (SSSR count). The predicted molar refractivity (Wildman–Crippen MR) is 95.9 cm³/mol. The lowest BCUT2D eigenvalue weighted by atomic mass is 9.69. The summed E-state index contributed by atoms with van der Waals surface area (Å²) < 4.78 is 0. The second kappa shape index (κ2) is 8.37. The van der Waals surface area contributed by atoms with Gasteiger partial charge in [0, 0.05) is 18.9 Å². The fraction of sp³-hybridized carbons (Fsp3) is 0.700. The lowest BCUT2D eigenvalue weighted by Crippen LogP contribution is -2.38. The van der Waals surface area contributed by atoms with Crippen molar-refractivity contribution in [3.8, 4) is 12.3 Å². The first kappa shape index (κ1) is 18.6. The molecule has 0 heterocycles. The number of carbonyl (C=O) groups is 2. The third-order valence-electron chi connectivity index (χ3n) is 5.36. The summed E-state index contributed by atoms with van der Waals surface area (Å²) in [6, 6.07) is 0. The van der Waals surface area contributed by atoms with E-state index in [-0.39, 0.29) is 30.2 Å². The van der Waals surface area contributed by atoms with E-state index < -0.39 is 0 Å². The lowest BCUT2D eigenvalue weighted by Gasteiger charge is -2.37. The molecule has 1 saturated carbocycles. The first-order valence-corrected chi connectivity index (χ1v) is 9.08. The van der Waals surface area contributed by atoms with Gasteiger partial charge in [-0.25, -0.2) is 0 Å². The van der Waals surface area contributed by atoms with Gasteiger partial charge in [-0.1, -0.05) is 31.4 Å². The van der Waals surface area contributed by atoms with Crippen molar-refractivity contribution in [2.24, 2.45) is 29.6 Å². The summed E-state index contributed by atoms with van der Waals surface area (Å²) in [4.78, 5) is 23.9. The quantitative estimate of drug-likeness (QED) is 0.557. The first-order chi connectivity index (χ1) is 11.4. The third-order valence-corrected chi connectivity index (χ3v) is 5.36. The topological polar surface area (TPSA) is 58.2 Å². The number of nitrogens with one attached hydrogen (secondary N) is 2. The van der Waals surface area contributed by atoms with Gasteiger partial charge in [0.25, 0.3) is 0 Å². The van der Waals surface area contributed by atoms with Gasteiger partial charge in [-0.15, -0.1) is 6.42 Å². The first-order valence-electron chi connectivity index (χ1n) is 9.08. The molecule has 132 valence electrons. The molecule has 0 unspecified atom stereocenters. The highest BCUT2D eigenvalue weighted by Crippen LogP contribution is 2.39. The minimum atomic E-state index is 0.0219. The summed E-state index contributed by atoms with van der Waals surface area (Å²) >= 11 is 0. The van der Waals surface area contributed by atoms with Gasteiger partial charge in [0.1, 0.15) is 0 Å². The van der Waals surface area contributed by atoms with E-state index in [1.807, 2.05) is 0 Å². The smallest absolute Gasteiger partial charge is 0.223 e. The second-order valence-corrected chi connectivity index (χ2v) is 7.62. The Bertz CT molecular complexity index is 540. The summed E-state index contributed by atoms with van der Waals surface area (Å²) in [6.07, 6.45) is 11.0. The molecular formula is C20H30N2O2. The Morgan fingerprint density at radius 2 is 2.04 bits per heavy atom. The fourth-order valence-electron chi connectivity index (χ4n) is 3.66. The zero-order valence-corrected chi connectivity index (χ0v) is 15.1. The van der Waals surface area contributed by atoms with Gasteiger partial charge in [-0.3, -0.25) is 9.59 Å². The zero-order chi connectivity index (χ0) is 17.7. The lowest BCUT2D eigenvalue weighted by molar-refractivity contribution is -0.122. The number of hydrogen-bond donors (Lipinski definition) is 2. The molecule has 2 amide bonds. The summed E-state index contributed by atoms with van der Waals surface area (Å²) in [7, 11) is 0. The molecule has 0 aliphatic heterocycles. The average Bonchev–Trinajstić information content (AvgIpc) is 3.37.